The lowest BCUT2D eigenvalue weighted by Crippen LogP contribution is -2.33. The van der Waals surface area contributed by atoms with Crippen molar-refractivity contribution < 1.29 is 14.3 Å². The first-order valence-electron chi connectivity index (χ1n) is 6.52. The highest BCUT2D eigenvalue weighted by molar-refractivity contribution is 5.66. The van der Waals surface area contributed by atoms with Crippen LogP contribution in [0.5, 0.6) is 0 Å². The zero-order valence-electron chi connectivity index (χ0n) is 11.8. The van der Waals surface area contributed by atoms with Crippen molar-refractivity contribution in [3.05, 3.63) is 35.1 Å². The van der Waals surface area contributed by atoms with Gasteiger partial charge in [0.05, 0.1) is 0 Å². The van der Waals surface area contributed by atoms with Crippen LogP contribution in [0.2, 0.25) is 0 Å². The van der Waals surface area contributed by atoms with Crippen molar-refractivity contribution in [2.45, 2.75) is 39.0 Å². The second kappa shape index (κ2) is 6.66. The molecular weight excluding hydrogens is 245 g/mol. The molecule has 1 aromatic rings. The van der Waals surface area contributed by atoms with Crippen LogP contribution in [-0.4, -0.2) is 24.2 Å². The van der Waals surface area contributed by atoms with E-state index < -0.39 is 5.97 Å². The Hall–Kier alpha value is -1.42. The number of halogens is 1. The van der Waals surface area contributed by atoms with Crippen molar-refractivity contribution in [3.8, 4) is 0 Å². The van der Waals surface area contributed by atoms with Gasteiger partial charge in [0.1, 0.15) is 5.82 Å². The quantitative estimate of drug-likeness (QED) is 0.747. The maximum Gasteiger partial charge on any atom is 0.303 e. The fourth-order valence-corrected chi connectivity index (χ4v) is 1.93. The molecule has 0 aliphatic heterocycles. The van der Waals surface area contributed by atoms with Gasteiger partial charge in [0.2, 0.25) is 0 Å². The van der Waals surface area contributed by atoms with Gasteiger partial charge >= 0.3 is 5.97 Å². The zero-order valence-corrected chi connectivity index (χ0v) is 11.8. The van der Waals surface area contributed by atoms with Gasteiger partial charge in [-0.3, -0.25) is 4.79 Å². The standard InChI is InChI=1S/C15H22FNO2/c1-11-9-12(6-7-13(11)16)15(2,3)10-17-8-4-5-14(18)19/h6-7,9,17H,4-5,8,10H2,1-3H3,(H,18,19). The molecule has 19 heavy (non-hydrogen) atoms. The van der Waals surface area contributed by atoms with Crippen molar-refractivity contribution in [2.75, 3.05) is 13.1 Å². The van der Waals surface area contributed by atoms with Gasteiger partial charge in [-0.15, -0.1) is 0 Å². The maximum absolute atomic E-state index is 13.2. The van der Waals surface area contributed by atoms with Crippen LogP contribution in [0.3, 0.4) is 0 Å². The molecule has 0 amide bonds. The predicted octanol–water partition coefficient (Wildman–Crippen LogP) is 2.87. The second-order valence-corrected chi connectivity index (χ2v) is 5.52. The summed E-state index contributed by atoms with van der Waals surface area (Å²) < 4.78 is 13.2. The minimum Gasteiger partial charge on any atom is -0.481 e. The number of aryl methyl sites for hydroxylation is 1. The van der Waals surface area contributed by atoms with E-state index in [4.69, 9.17) is 5.11 Å². The van der Waals surface area contributed by atoms with E-state index in [1.807, 2.05) is 6.07 Å². The number of carboxylic acids is 1. The summed E-state index contributed by atoms with van der Waals surface area (Å²) in [5.74, 6) is -0.954. The summed E-state index contributed by atoms with van der Waals surface area (Å²) in [5, 5.41) is 11.8. The van der Waals surface area contributed by atoms with E-state index in [1.165, 1.54) is 6.07 Å². The summed E-state index contributed by atoms with van der Waals surface area (Å²) in [7, 11) is 0. The highest BCUT2D eigenvalue weighted by Crippen LogP contribution is 2.24. The van der Waals surface area contributed by atoms with Gasteiger partial charge in [0.25, 0.3) is 0 Å². The van der Waals surface area contributed by atoms with E-state index in [1.54, 1.807) is 13.0 Å². The van der Waals surface area contributed by atoms with Crippen LogP contribution in [0.4, 0.5) is 4.39 Å². The minimum atomic E-state index is -0.768. The van der Waals surface area contributed by atoms with E-state index in [0.717, 1.165) is 12.1 Å². The molecule has 0 saturated carbocycles. The number of carbonyl (C=O) groups is 1. The second-order valence-electron chi connectivity index (χ2n) is 5.52. The lowest BCUT2D eigenvalue weighted by Gasteiger charge is -2.26. The summed E-state index contributed by atoms with van der Waals surface area (Å²) in [5.41, 5.74) is 1.62. The molecule has 2 N–H and O–H groups in total. The molecule has 1 aromatic carbocycles. The molecule has 1 rings (SSSR count). The third-order valence-corrected chi connectivity index (χ3v) is 3.25. The number of rotatable bonds is 7. The Bertz CT molecular complexity index is 444. The first-order chi connectivity index (χ1) is 8.83. The Morgan fingerprint density at radius 2 is 2.11 bits per heavy atom. The summed E-state index contributed by atoms with van der Waals surface area (Å²) in [6.07, 6.45) is 0.803. The van der Waals surface area contributed by atoms with Crippen molar-refractivity contribution in [1.82, 2.24) is 5.32 Å². The smallest absolute Gasteiger partial charge is 0.303 e. The van der Waals surface area contributed by atoms with E-state index >= 15 is 0 Å². The normalized spacial score (nSPS) is 11.6. The molecule has 0 unspecified atom stereocenters. The number of aliphatic carboxylic acids is 1. The molecule has 0 aliphatic carbocycles. The van der Waals surface area contributed by atoms with E-state index in [0.29, 0.717) is 18.5 Å². The molecule has 0 aliphatic rings. The Kier molecular flexibility index (Phi) is 5.48. The van der Waals surface area contributed by atoms with Gasteiger partial charge in [-0.2, -0.15) is 0 Å². The molecule has 0 heterocycles. The number of nitrogens with one attached hydrogen (secondary N) is 1. The maximum atomic E-state index is 13.2. The lowest BCUT2D eigenvalue weighted by molar-refractivity contribution is -0.137. The van der Waals surface area contributed by atoms with Crippen LogP contribution in [0.25, 0.3) is 0 Å². The lowest BCUT2D eigenvalue weighted by atomic mass is 9.84. The number of carboxylic acid groups (broad SMARTS) is 1. The molecule has 0 fully saturated rings. The first kappa shape index (κ1) is 15.6. The largest absolute Gasteiger partial charge is 0.481 e. The molecular formula is C15H22FNO2. The van der Waals surface area contributed by atoms with Crippen LogP contribution in [0.15, 0.2) is 18.2 Å². The molecule has 0 bridgehead atoms. The zero-order chi connectivity index (χ0) is 14.5. The fourth-order valence-electron chi connectivity index (χ4n) is 1.93. The molecule has 4 heteroatoms. The molecule has 0 spiro atoms. The number of hydrogen-bond acceptors (Lipinski definition) is 2. The van der Waals surface area contributed by atoms with Crippen LogP contribution >= 0.6 is 0 Å². The topological polar surface area (TPSA) is 49.3 Å². The molecule has 0 aromatic heterocycles. The highest BCUT2D eigenvalue weighted by atomic mass is 19.1. The monoisotopic (exact) mass is 267 g/mol. The fraction of sp³-hybridized carbons (Fsp3) is 0.533. The van der Waals surface area contributed by atoms with Gasteiger partial charge < -0.3 is 10.4 Å². The summed E-state index contributed by atoms with van der Waals surface area (Å²) in [6.45, 7) is 7.34. The summed E-state index contributed by atoms with van der Waals surface area (Å²) in [4.78, 5) is 10.4. The summed E-state index contributed by atoms with van der Waals surface area (Å²) >= 11 is 0. The Morgan fingerprint density at radius 1 is 1.42 bits per heavy atom. The average Bonchev–Trinajstić information content (AvgIpc) is 2.31. The van der Waals surface area contributed by atoms with Crippen LogP contribution in [-0.2, 0) is 10.2 Å². The van der Waals surface area contributed by atoms with Crippen molar-refractivity contribution >= 4 is 5.97 Å². The van der Waals surface area contributed by atoms with Gasteiger partial charge in [-0.05, 0) is 37.1 Å². The first-order valence-corrected chi connectivity index (χ1v) is 6.52. The Balaban J connectivity index is 2.50. The Labute approximate surface area is 113 Å². The van der Waals surface area contributed by atoms with Gasteiger partial charge in [0.15, 0.2) is 0 Å². The predicted molar refractivity (Wildman–Crippen MR) is 73.9 cm³/mol. The number of hydrogen-bond donors (Lipinski definition) is 2. The van der Waals surface area contributed by atoms with Crippen molar-refractivity contribution in [2.24, 2.45) is 0 Å². The van der Waals surface area contributed by atoms with Crippen molar-refractivity contribution in [3.63, 3.8) is 0 Å². The third-order valence-electron chi connectivity index (χ3n) is 3.25. The SMILES string of the molecule is Cc1cc(C(C)(C)CNCCCC(=O)O)ccc1F. The minimum absolute atomic E-state index is 0.109. The van der Waals surface area contributed by atoms with Gasteiger partial charge in [-0.1, -0.05) is 26.0 Å². The van der Waals surface area contributed by atoms with Crippen LogP contribution in [0, 0.1) is 12.7 Å². The van der Waals surface area contributed by atoms with E-state index in [9.17, 15) is 9.18 Å². The van der Waals surface area contributed by atoms with E-state index in [-0.39, 0.29) is 17.7 Å². The molecule has 3 nitrogen and oxygen atoms in total. The van der Waals surface area contributed by atoms with Crippen molar-refractivity contribution in [1.29, 1.82) is 0 Å². The molecule has 0 saturated heterocycles. The Morgan fingerprint density at radius 3 is 2.68 bits per heavy atom. The van der Waals surface area contributed by atoms with Gasteiger partial charge in [-0.25, -0.2) is 4.39 Å². The van der Waals surface area contributed by atoms with E-state index in [2.05, 4.69) is 19.2 Å². The number of benzene rings is 1. The average molecular weight is 267 g/mol. The van der Waals surface area contributed by atoms with Crippen LogP contribution in [0.1, 0.15) is 37.8 Å². The third kappa shape index (κ3) is 4.99. The molecule has 0 atom stereocenters. The van der Waals surface area contributed by atoms with Crippen LogP contribution < -0.4 is 5.32 Å². The summed E-state index contributed by atoms with van der Waals surface area (Å²) in [6, 6.07) is 5.17. The van der Waals surface area contributed by atoms with Gasteiger partial charge in [0, 0.05) is 18.4 Å². The molecule has 106 valence electrons. The molecule has 0 radical (unpaired) electrons. The highest BCUT2D eigenvalue weighted by Gasteiger charge is 2.20.